The third-order valence-electron chi connectivity index (χ3n) is 4.25. The third-order valence-corrected chi connectivity index (χ3v) is 5.12. The molecule has 2 aromatic carbocycles. The number of hydrogen-bond acceptors (Lipinski definition) is 7. The van der Waals surface area contributed by atoms with E-state index in [0.717, 1.165) is 16.2 Å². The number of H-pyrrole nitrogens is 1. The highest BCUT2D eigenvalue weighted by Crippen LogP contribution is 2.28. The van der Waals surface area contributed by atoms with Crippen LogP contribution in [0.5, 0.6) is 0 Å². The van der Waals surface area contributed by atoms with E-state index in [9.17, 15) is 4.79 Å². The van der Waals surface area contributed by atoms with E-state index in [-0.39, 0.29) is 6.03 Å². The molecule has 0 unspecified atom stereocenters. The highest BCUT2D eigenvalue weighted by atomic mass is 32.2. The first-order valence-corrected chi connectivity index (χ1v) is 10.8. The number of aryl methyl sites for hydroxylation is 1. The Hall–Kier alpha value is -3.92. The first-order valence-electron chi connectivity index (χ1n) is 10.0. The molecule has 0 spiro atoms. The Bertz CT molecular complexity index is 1190. The largest absolute Gasteiger partial charge is 0.338 e. The minimum atomic E-state index is -0.234. The summed E-state index contributed by atoms with van der Waals surface area (Å²) in [6.07, 6.45) is 0. The van der Waals surface area contributed by atoms with Crippen molar-refractivity contribution in [3.05, 3.63) is 66.4 Å². The normalized spacial score (nSPS) is 10.6. The quantitative estimate of drug-likeness (QED) is 0.327. The number of anilines is 3. The second kappa shape index (κ2) is 9.92. The van der Waals surface area contributed by atoms with Gasteiger partial charge in [-0.1, -0.05) is 30.3 Å². The molecular formula is C22H22N8OS. The Kier molecular flexibility index (Phi) is 6.61. The summed E-state index contributed by atoms with van der Waals surface area (Å²) in [5.74, 6) is 1.60. The van der Waals surface area contributed by atoms with Gasteiger partial charge in [0, 0.05) is 34.5 Å². The summed E-state index contributed by atoms with van der Waals surface area (Å²) in [4.78, 5) is 26.4. The number of benzene rings is 2. The lowest BCUT2D eigenvalue weighted by Gasteiger charge is -2.09. The van der Waals surface area contributed by atoms with Crippen molar-refractivity contribution < 1.29 is 4.79 Å². The van der Waals surface area contributed by atoms with Gasteiger partial charge in [0.15, 0.2) is 16.8 Å². The SMILES string of the molecule is CCNC(=O)Nc1ccc(Sc2nc(Nc3cc(C)[nH]n3)nc(-c3ccccc3)n2)cc1. The number of carbonyl (C=O) groups excluding carboxylic acids is 1. The van der Waals surface area contributed by atoms with E-state index in [0.29, 0.717) is 35.0 Å². The van der Waals surface area contributed by atoms with Crippen molar-refractivity contribution in [2.24, 2.45) is 0 Å². The van der Waals surface area contributed by atoms with Crippen LogP contribution < -0.4 is 16.0 Å². The van der Waals surface area contributed by atoms with Gasteiger partial charge in [0.05, 0.1) is 0 Å². The van der Waals surface area contributed by atoms with Crippen LogP contribution in [-0.2, 0) is 0 Å². The van der Waals surface area contributed by atoms with Crippen molar-refractivity contribution in [3.8, 4) is 11.4 Å². The molecule has 4 N–H and O–H groups in total. The first-order chi connectivity index (χ1) is 15.6. The van der Waals surface area contributed by atoms with E-state index in [1.54, 1.807) is 0 Å². The number of aromatic nitrogens is 5. The molecule has 0 aliphatic rings. The van der Waals surface area contributed by atoms with Crippen molar-refractivity contribution >= 4 is 35.2 Å². The highest BCUT2D eigenvalue weighted by Gasteiger charge is 2.11. The van der Waals surface area contributed by atoms with E-state index in [1.165, 1.54) is 11.8 Å². The zero-order chi connectivity index (χ0) is 22.3. The number of amides is 2. The van der Waals surface area contributed by atoms with Gasteiger partial charge in [-0.05, 0) is 49.9 Å². The van der Waals surface area contributed by atoms with Gasteiger partial charge in [0.2, 0.25) is 5.95 Å². The van der Waals surface area contributed by atoms with Gasteiger partial charge in [-0.2, -0.15) is 15.1 Å². The molecule has 4 rings (SSSR count). The van der Waals surface area contributed by atoms with Crippen LogP contribution in [0.25, 0.3) is 11.4 Å². The lowest BCUT2D eigenvalue weighted by molar-refractivity contribution is 0.252. The van der Waals surface area contributed by atoms with E-state index >= 15 is 0 Å². The van der Waals surface area contributed by atoms with Crippen molar-refractivity contribution in [2.75, 3.05) is 17.2 Å². The topological polar surface area (TPSA) is 121 Å². The predicted octanol–water partition coefficient (Wildman–Crippen LogP) is 4.61. The minimum absolute atomic E-state index is 0.234. The Morgan fingerprint density at radius 1 is 1.03 bits per heavy atom. The number of aromatic amines is 1. The molecule has 2 aromatic heterocycles. The monoisotopic (exact) mass is 446 g/mol. The number of hydrogen-bond donors (Lipinski definition) is 4. The summed E-state index contributed by atoms with van der Waals surface area (Å²) in [5.41, 5.74) is 2.53. The molecule has 32 heavy (non-hydrogen) atoms. The maximum Gasteiger partial charge on any atom is 0.319 e. The van der Waals surface area contributed by atoms with Gasteiger partial charge < -0.3 is 16.0 Å². The molecule has 0 fully saturated rings. The van der Waals surface area contributed by atoms with Crippen LogP contribution >= 0.6 is 11.8 Å². The molecule has 0 saturated heterocycles. The van der Waals surface area contributed by atoms with Crippen molar-refractivity contribution in [3.63, 3.8) is 0 Å². The van der Waals surface area contributed by atoms with Crippen molar-refractivity contribution in [1.82, 2.24) is 30.5 Å². The molecular weight excluding hydrogens is 424 g/mol. The van der Waals surface area contributed by atoms with Gasteiger partial charge in [0.1, 0.15) is 0 Å². The van der Waals surface area contributed by atoms with Crippen LogP contribution in [0, 0.1) is 6.92 Å². The lowest BCUT2D eigenvalue weighted by Crippen LogP contribution is -2.28. The molecule has 10 heteroatoms. The summed E-state index contributed by atoms with van der Waals surface area (Å²) in [7, 11) is 0. The summed E-state index contributed by atoms with van der Waals surface area (Å²) in [5, 5.41) is 16.2. The lowest BCUT2D eigenvalue weighted by atomic mass is 10.2. The van der Waals surface area contributed by atoms with E-state index in [1.807, 2.05) is 74.5 Å². The number of nitrogens with one attached hydrogen (secondary N) is 4. The van der Waals surface area contributed by atoms with Gasteiger partial charge in [0.25, 0.3) is 0 Å². The van der Waals surface area contributed by atoms with Crippen LogP contribution in [0.15, 0.2) is 70.7 Å². The minimum Gasteiger partial charge on any atom is -0.338 e. The number of nitrogens with zero attached hydrogens (tertiary/aromatic N) is 4. The van der Waals surface area contributed by atoms with Gasteiger partial charge >= 0.3 is 6.03 Å². The first kappa shape index (κ1) is 21.3. The van der Waals surface area contributed by atoms with E-state index in [2.05, 4.69) is 41.1 Å². The molecule has 9 nitrogen and oxygen atoms in total. The van der Waals surface area contributed by atoms with Crippen molar-refractivity contribution in [2.45, 2.75) is 23.9 Å². The number of rotatable bonds is 7. The Labute approximate surface area is 189 Å². The fourth-order valence-corrected chi connectivity index (χ4v) is 3.57. The van der Waals surface area contributed by atoms with Crippen LogP contribution in [0.3, 0.4) is 0 Å². The van der Waals surface area contributed by atoms with Gasteiger partial charge in [-0.25, -0.2) is 9.78 Å². The maximum absolute atomic E-state index is 11.7. The number of urea groups is 1. The predicted molar refractivity (Wildman–Crippen MR) is 125 cm³/mol. The smallest absolute Gasteiger partial charge is 0.319 e. The Morgan fingerprint density at radius 3 is 2.50 bits per heavy atom. The molecule has 2 heterocycles. The van der Waals surface area contributed by atoms with Gasteiger partial charge in [-0.15, -0.1) is 0 Å². The molecule has 0 radical (unpaired) electrons. The fourth-order valence-electron chi connectivity index (χ4n) is 2.82. The molecule has 0 bridgehead atoms. The molecule has 0 saturated carbocycles. The standard InChI is InChI=1S/C22H22N8OS/c1-3-23-21(31)24-16-9-11-17(12-10-16)32-22-27-19(15-7-5-4-6-8-15)26-20(28-22)25-18-13-14(2)29-30-18/h4-13H,3H2,1-2H3,(H2,23,24,31)(H2,25,26,27,28,29,30). The van der Waals surface area contributed by atoms with Crippen LogP contribution in [0.1, 0.15) is 12.6 Å². The Balaban J connectivity index is 1.58. The molecule has 4 aromatic rings. The number of carbonyl (C=O) groups is 1. The zero-order valence-electron chi connectivity index (χ0n) is 17.6. The Morgan fingerprint density at radius 2 is 1.81 bits per heavy atom. The van der Waals surface area contributed by atoms with Crippen LogP contribution in [-0.4, -0.2) is 37.7 Å². The molecule has 0 aliphatic heterocycles. The summed E-state index contributed by atoms with van der Waals surface area (Å²) < 4.78 is 0. The summed E-state index contributed by atoms with van der Waals surface area (Å²) >= 11 is 1.41. The van der Waals surface area contributed by atoms with Gasteiger partial charge in [-0.3, -0.25) is 5.10 Å². The molecule has 162 valence electrons. The zero-order valence-corrected chi connectivity index (χ0v) is 18.4. The molecule has 2 amide bonds. The molecule has 0 atom stereocenters. The maximum atomic E-state index is 11.7. The highest BCUT2D eigenvalue weighted by molar-refractivity contribution is 7.99. The van der Waals surface area contributed by atoms with E-state index < -0.39 is 0 Å². The second-order valence-corrected chi connectivity index (χ2v) is 7.84. The second-order valence-electron chi connectivity index (χ2n) is 6.80. The summed E-state index contributed by atoms with van der Waals surface area (Å²) in [6.45, 7) is 4.36. The van der Waals surface area contributed by atoms with Crippen LogP contribution in [0.2, 0.25) is 0 Å². The summed E-state index contributed by atoms with van der Waals surface area (Å²) in [6, 6.07) is 18.9. The fraction of sp³-hybridized carbons (Fsp3) is 0.136. The average molecular weight is 447 g/mol. The molecule has 0 aliphatic carbocycles. The van der Waals surface area contributed by atoms with E-state index in [4.69, 9.17) is 0 Å². The average Bonchev–Trinajstić information content (AvgIpc) is 3.20. The third kappa shape index (κ3) is 5.61. The van der Waals surface area contributed by atoms with Crippen molar-refractivity contribution in [1.29, 1.82) is 0 Å². The van der Waals surface area contributed by atoms with Crippen LogP contribution in [0.4, 0.5) is 22.2 Å².